The molecule has 114 valence electrons. The largest absolute Gasteiger partial charge is 0.292 e. The van der Waals surface area contributed by atoms with E-state index in [1.165, 1.54) is 23.4 Å². The van der Waals surface area contributed by atoms with E-state index in [1.54, 1.807) is 45.0 Å². The van der Waals surface area contributed by atoms with Gasteiger partial charge in [-0.3, -0.25) is 9.59 Å². The van der Waals surface area contributed by atoms with Gasteiger partial charge in [-0.1, -0.05) is 32.4 Å². The van der Waals surface area contributed by atoms with Gasteiger partial charge < -0.3 is 0 Å². The average Bonchev–Trinajstić information content (AvgIpc) is 2.97. The molecular weight excluding hydrogens is 302 g/mol. The summed E-state index contributed by atoms with van der Waals surface area (Å²) in [6.45, 7) is 5.35. The molecule has 0 saturated heterocycles. The normalized spacial score (nSPS) is 12.3. The van der Waals surface area contributed by atoms with E-state index in [1.807, 2.05) is 0 Å². The third-order valence-corrected chi connectivity index (χ3v) is 3.23. The first-order valence-electron chi connectivity index (χ1n) is 6.70. The predicted molar refractivity (Wildman–Crippen MR) is 84.5 cm³/mol. The van der Waals surface area contributed by atoms with E-state index in [4.69, 9.17) is 11.6 Å². The van der Waals surface area contributed by atoms with E-state index in [0.717, 1.165) is 0 Å². The van der Waals surface area contributed by atoms with Gasteiger partial charge in [0.2, 0.25) is 0 Å². The molecule has 5 nitrogen and oxygen atoms in total. The molecule has 0 unspecified atom stereocenters. The quantitative estimate of drug-likeness (QED) is 0.641. The predicted octanol–water partition coefficient (Wildman–Crippen LogP) is 3.27. The molecule has 22 heavy (non-hydrogen) atoms. The molecular formula is C16H16ClN3O2. The molecule has 2 rings (SSSR count). The van der Waals surface area contributed by atoms with Crippen LogP contribution in [0.4, 0.5) is 0 Å². The van der Waals surface area contributed by atoms with Crippen LogP contribution >= 0.6 is 11.6 Å². The van der Waals surface area contributed by atoms with Gasteiger partial charge in [-0.15, -0.1) is 0 Å². The van der Waals surface area contributed by atoms with Gasteiger partial charge in [0.25, 0.3) is 0 Å². The summed E-state index contributed by atoms with van der Waals surface area (Å²) in [5, 5.41) is 4.50. The average molecular weight is 318 g/mol. The van der Waals surface area contributed by atoms with Crippen molar-refractivity contribution in [2.75, 3.05) is 0 Å². The fourth-order valence-electron chi connectivity index (χ4n) is 1.77. The van der Waals surface area contributed by atoms with E-state index in [0.29, 0.717) is 10.6 Å². The zero-order chi connectivity index (χ0) is 16.3. The zero-order valence-corrected chi connectivity index (χ0v) is 13.3. The van der Waals surface area contributed by atoms with Gasteiger partial charge in [0.05, 0.1) is 0 Å². The summed E-state index contributed by atoms with van der Waals surface area (Å²) >= 11 is 5.81. The third-order valence-electron chi connectivity index (χ3n) is 2.98. The fraction of sp³-hybridized carbons (Fsp3) is 0.250. The Morgan fingerprint density at radius 3 is 2.32 bits per heavy atom. The summed E-state index contributed by atoms with van der Waals surface area (Å²) in [5.41, 5.74) is -0.00778. The van der Waals surface area contributed by atoms with Gasteiger partial charge in [0, 0.05) is 22.1 Å². The molecule has 1 aromatic heterocycles. The highest BCUT2D eigenvalue weighted by molar-refractivity contribution is 6.30. The number of benzene rings is 1. The molecule has 0 N–H and O–H groups in total. The lowest BCUT2D eigenvalue weighted by Crippen LogP contribution is -2.25. The van der Waals surface area contributed by atoms with Gasteiger partial charge >= 0.3 is 0 Å². The van der Waals surface area contributed by atoms with Crippen LogP contribution in [0, 0.1) is 5.41 Å². The van der Waals surface area contributed by atoms with Gasteiger partial charge in [-0.05, 0) is 24.3 Å². The Balaban J connectivity index is 2.43. The van der Waals surface area contributed by atoms with E-state index >= 15 is 0 Å². The maximum absolute atomic E-state index is 12.6. The summed E-state index contributed by atoms with van der Waals surface area (Å²) in [4.78, 5) is 28.7. The summed E-state index contributed by atoms with van der Waals surface area (Å²) < 4.78 is 1.31. The van der Waals surface area contributed by atoms with Crippen molar-refractivity contribution in [2.24, 2.45) is 5.41 Å². The first-order chi connectivity index (χ1) is 10.3. The van der Waals surface area contributed by atoms with E-state index in [2.05, 4.69) is 10.1 Å². The number of hydrogen-bond acceptors (Lipinski definition) is 4. The summed E-state index contributed by atoms with van der Waals surface area (Å²) in [7, 11) is 0. The summed E-state index contributed by atoms with van der Waals surface area (Å²) in [6, 6.07) is 6.48. The lowest BCUT2D eigenvalue weighted by atomic mass is 9.88. The van der Waals surface area contributed by atoms with E-state index < -0.39 is 5.41 Å². The highest BCUT2D eigenvalue weighted by atomic mass is 35.5. The molecule has 0 fully saturated rings. The number of hydrogen-bond donors (Lipinski definition) is 0. The molecule has 0 amide bonds. The van der Waals surface area contributed by atoms with Crippen LogP contribution in [0.3, 0.4) is 0 Å². The molecule has 0 radical (unpaired) electrons. The molecule has 0 saturated carbocycles. The molecule has 0 bridgehead atoms. The second kappa shape index (κ2) is 6.23. The van der Waals surface area contributed by atoms with Crippen molar-refractivity contribution < 1.29 is 9.59 Å². The van der Waals surface area contributed by atoms with Crippen LogP contribution < -0.4 is 0 Å². The highest BCUT2D eigenvalue weighted by Gasteiger charge is 2.27. The van der Waals surface area contributed by atoms with Crippen molar-refractivity contribution in [3.05, 3.63) is 53.6 Å². The van der Waals surface area contributed by atoms with Crippen molar-refractivity contribution in [2.45, 2.75) is 20.8 Å². The SMILES string of the molecule is CC(C)(C)C(=O)C(=CC(=O)c1ccc(Cl)cc1)n1cncn1. The van der Waals surface area contributed by atoms with Gasteiger partial charge in [0.1, 0.15) is 18.4 Å². The van der Waals surface area contributed by atoms with Crippen molar-refractivity contribution >= 4 is 28.9 Å². The van der Waals surface area contributed by atoms with Gasteiger partial charge in [-0.25, -0.2) is 9.67 Å². The Bertz CT molecular complexity index is 711. The molecule has 0 aliphatic heterocycles. The molecule has 6 heteroatoms. The number of aromatic nitrogens is 3. The van der Waals surface area contributed by atoms with Crippen molar-refractivity contribution in [3.63, 3.8) is 0 Å². The van der Waals surface area contributed by atoms with Crippen LogP contribution in [0.5, 0.6) is 0 Å². The number of halogens is 1. The maximum atomic E-state index is 12.6. The van der Waals surface area contributed by atoms with Crippen LogP contribution in [0.1, 0.15) is 31.1 Å². The Kier molecular flexibility index (Phi) is 4.56. The lowest BCUT2D eigenvalue weighted by Gasteiger charge is -2.18. The third kappa shape index (κ3) is 3.68. The summed E-state index contributed by atoms with van der Waals surface area (Å²) in [5.74, 6) is -0.486. The molecule has 0 aliphatic rings. The Morgan fingerprint density at radius 2 is 1.82 bits per heavy atom. The number of carbonyl (C=O) groups is 2. The maximum Gasteiger partial charge on any atom is 0.188 e. The van der Waals surface area contributed by atoms with Crippen LogP contribution in [-0.4, -0.2) is 26.3 Å². The summed E-state index contributed by atoms with van der Waals surface area (Å²) in [6.07, 6.45) is 3.99. The first-order valence-corrected chi connectivity index (χ1v) is 7.08. The van der Waals surface area contributed by atoms with E-state index in [9.17, 15) is 9.59 Å². The minimum atomic E-state index is -0.641. The molecule has 1 aromatic carbocycles. The smallest absolute Gasteiger partial charge is 0.188 e. The van der Waals surface area contributed by atoms with Crippen molar-refractivity contribution in [1.29, 1.82) is 0 Å². The Labute approximate surface area is 133 Å². The number of carbonyl (C=O) groups excluding carboxylic acids is 2. The Hall–Kier alpha value is -2.27. The second-order valence-corrected chi connectivity index (χ2v) is 6.26. The number of allylic oxidation sites excluding steroid dienone is 2. The number of ketones is 2. The lowest BCUT2D eigenvalue weighted by molar-refractivity contribution is -0.120. The fourth-order valence-corrected chi connectivity index (χ4v) is 1.90. The number of rotatable bonds is 4. The molecule has 1 heterocycles. The van der Waals surface area contributed by atoms with Crippen LogP contribution in [0.15, 0.2) is 43.0 Å². The van der Waals surface area contributed by atoms with Crippen LogP contribution in [0.25, 0.3) is 5.70 Å². The van der Waals surface area contributed by atoms with Gasteiger partial charge in [-0.2, -0.15) is 5.10 Å². The van der Waals surface area contributed by atoms with Gasteiger partial charge in [0.15, 0.2) is 11.6 Å². The number of nitrogens with zero attached hydrogens (tertiary/aromatic N) is 3. The zero-order valence-electron chi connectivity index (χ0n) is 12.6. The van der Waals surface area contributed by atoms with Crippen LogP contribution in [-0.2, 0) is 4.79 Å². The standard InChI is InChI=1S/C16H16ClN3O2/c1-16(2,3)15(22)13(20-10-18-9-19-20)8-14(21)11-4-6-12(17)7-5-11/h4-10H,1-3H3. The topological polar surface area (TPSA) is 64.8 Å². The molecule has 2 aromatic rings. The van der Waals surface area contributed by atoms with Crippen molar-refractivity contribution in [1.82, 2.24) is 14.8 Å². The minimum Gasteiger partial charge on any atom is -0.292 e. The molecule has 0 spiro atoms. The monoisotopic (exact) mass is 317 g/mol. The molecule has 0 aliphatic carbocycles. The highest BCUT2D eigenvalue weighted by Crippen LogP contribution is 2.23. The van der Waals surface area contributed by atoms with Crippen molar-refractivity contribution in [3.8, 4) is 0 Å². The van der Waals surface area contributed by atoms with Crippen LogP contribution in [0.2, 0.25) is 5.02 Å². The number of Topliss-reactive ketones (excluding diaryl/α,β-unsaturated/α-hetero) is 1. The second-order valence-electron chi connectivity index (χ2n) is 5.82. The minimum absolute atomic E-state index is 0.185. The Morgan fingerprint density at radius 1 is 1.18 bits per heavy atom. The molecule has 0 atom stereocenters. The first kappa shape index (κ1) is 16.1. The van der Waals surface area contributed by atoms with E-state index in [-0.39, 0.29) is 17.3 Å².